The Morgan fingerprint density at radius 3 is 0.731 bits per heavy atom. The molecule has 0 aliphatic heterocycles. The van der Waals surface area contributed by atoms with Crippen LogP contribution in [0.5, 0.6) is 0 Å². The van der Waals surface area contributed by atoms with Gasteiger partial charge >= 0.3 is 17.9 Å². The van der Waals surface area contributed by atoms with Gasteiger partial charge in [0.05, 0.1) is 0 Å². The van der Waals surface area contributed by atoms with E-state index in [-0.39, 0.29) is 31.1 Å². The minimum atomic E-state index is -0.762. The molecule has 0 aromatic carbocycles. The predicted octanol–water partition coefficient (Wildman–Crippen LogP) is 20.2. The third-order valence-corrected chi connectivity index (χ3v) is 14.0. The first-order chi connectivity index (χ1) is 32.9. The summed E-state index contributed by atoms with van der Waals surface area (Å²) in [5.41, 5.74) is 0. The first kappa shape index (κ1) is 65.4. The van der Waals surface area contributed by atoms with Crippen molar-refractivity contribution in [3.05, 3.63) is 0 Å². The minimum absolute atomic E-state index is 0.0614. The van der Waals surface area contributed by atoms with Crippen LogP contribution in [0.25, 0.3) is 0 Å². The topological polar surface area (TPSA) is 78.9 Å². The summed E-state index contributed by atoms with van der Waals surface area (Å²) in [5, 5.41) is 0. The molecule has 0 aliphatic carbocycles. The molecule has 0 rings (SSSR count). The van der Waals surface area contributed by atoms with Crippen molar-refractivity contribution in [2.45, 2.75) is 355 Å². The third-order valence-electron chi connectivity index (χ3n) is 14.0. The van der Waals surface area contributed by atoms with E-state index in [0.29, 0.717) is 19.3 Å². The van der Waals surface area contributed by atoms with E-state index in [1.807, 2.05) is 0 Å². The highest BCUT2D eigenvalue weighted by Crippen LogP contribution is 2.18. The van der Waals surface area contributed by atoms with E-state index in [1.54, 1.807) is 0 Å². The van der Waals surface area contributed by atoms with Crippen LogP contribution < -0.4 is 0 Å². The first-order valence-corrected chi connectivity index (χ1v) is 30.4. The van der Waals surface area contributed by atoms with Crippen LogP contribution >= 0.6 is 0 Å². The summed E-state index contributed by atoms with van der Waals surface area (Å²) in [6.07, 6.45) is 61.0. The van der Waals surface area contributed by atoms with Crippen LogP contribution in [0.3, 0.4) is 0 Å². The van der Waals surface area contributed by atoms with Crippen molar-refractivity contribution in [3.8, 4) is 0 Å². The van der Waals surface area contributed by atoms with Gasteiger partial charge in [-0.1, -0.05) is 310 Å². The Morgan fingerprint density at radius 2 is 0.493 bits per heavy atom. The monoisotopic (exact) mass is 947 g/mol. The van der Waals surface area contributed by atoms with Gasteiger partial charge in [0.15, 0.2) is 6.10 Å². The molecule has 0 heterocycles. The van der Waals surface area contributed by atoms with Crippen LogP contribution in [0.4, 0.5) is 0 Å². The van der Waals surface area contributed by atoms with Gasteiger partial charge in [-0.2, -0.15) is 0 Å². The number of esters is 3. The lowest BCUT2D eigenvalue weighted by molar-refractivity contribution is -0.167. The van der Waals surface area contributed by atoms with E-state index in [0.717, 1.165) is 63.7 Å². The molecular weight excluding hydrogens is 829 g/mol. The Labute approximate surface area is 418 Å². The zero-order valence-electron chi connectivity index (χ0n) is 45.9. The van der Waals surface area contributed by atoms with Crippen LogP contribution in [-0.4, -0.2) is 37.2 Å². The highest BCUT2D eigenvalue weighted by Gasteiger charge is 2.19. The van der Waals surface area contributed by atoms with Crippen molar-refractivity contribution in [2.75, 3.05) is 13.2 Å². The zero-order chi connectivity index (χ0) is 48.8. The van der Waals surface area contributed by atoms with Crippen molar-refractivity contribution >= 4 is 17.9 Å². The van der Waals surface area contributed by atoms with Gasteiger partial charge < -0.3 is 14.2 Å². The smallest absolute Gasteiger partial charge is 0.306 e. The van der Waals surface area contributed by atoms with E-state index in [2.05, 4.69) is 27.7 Å². The first-order valence-electron chi connectivity index (χ1n) is 30.4. The fourth-order valence-corrected chi connectivity index (χ4v) is 9.46. The Kier molecular flexibility index (Phi) is 54.0. The summed E-state index contributed by atoms with van der Waals surface area (Å²) >= 11 is 0. The van der Waals surface area contributed by atoms with Crippen LogP contribution in [0.1, 0.15) is 349 Å². The molecule has 0 aliphatic rings. The van der Waals surface area contributed by atoms with E-state index >= 15 is 0 Å². The molecule has 398 valence electrons. The lowest BCUT2D eigenvalue weighted by atomic mass is 10.0. The van der Waals surface area contributed by atoms with Gasteiger partial charge in [0.1, 0.15) is 13.2 Å². The second kappa shape index (κ2) is 55.3. The number of carbonyl (C=O) groups is 3. The quantitative estimate of drug-likeness (QED) is 0.0343. The van der Waals surface area contributed by atoms with Gasteiger partial charge in [-0.25, -0.2) is 0 Å². The molecule has 0 saturated carbocycles. The number of hydrogen-bond donors (Lipinski definition) is 0. The molecule has 0 fully saturated rings. The van der Waals surface area contributed by atoms with Gasteiger partial charge in [-0.15, -0.1) is 0 Å². The second-order valence-electron chi connectivity index (χ2n) is 21.5. The van der Waals surface area contributed by atoms with Gasteiger partial charge in [0.2, 0.25) is 0 Å². The number of hydrogen-bond acceptors (Lipinski definition) is 6. The zero-order valence-corrected chi connectivity index (χ0v) is 45.9. The fourth-order valence-electron chi connectivity index (χ4n) is 9.46. The Balaban J connectivity index is 4.23. The SMILES string of the molecule is CCCCCCCCCCCCCCCCCCC(=O)O[C@@H](COC(=O)CCCCCCCCCCCCCC)COC(=O)CCCCCCCCCCCCCCCCCCCCC(C)C. The molecule has 0 N–H and O–H groups in total. The van der Waals surface area contributed by atoms with Crippen LogP contribution in [0, 0.1) is 5.92 Å². The number of unbranched alkanes of at least 4 members (excludes halogenated alkanes) is 43. The lowest BCUT2D eigenvalue weighted by Crippen LogP contribution is -2.30. The van der Waals surface area contributed by atoms with Crippen LogP contribution in [0.2, 0.25) is 0 Å². The Morgan fingerprint density at radius 1 is 0.284 bits per heavy atom. The molecule has 0 aromatic heterocycles. The normalized spacial score (nSPS) is 12.0. The number of rotatable bonds is 56. The van der Waals surface area contributed by atoms with Crippen LogP contribution in [-0.2, 0) is 28.6 Å². The average Bonchev–Trinajstić information content (AvgIpc) is 3.31. The van der Waals surface area contributed by atoms with Crippen molar-refractivity contribution in [1.82, 2.24) is 0 Å². The van der Waals surface area contributed by atoms with Gasteiger partial charge in [0.25, 0.3) is 0 Å². The molecule has 67 heavy (non-hydrogen) atoms. The van der Waals surface area contributed by atoms with E-state index in [9.17, 15) is 14.4 Å². The lowest BCUT2D eigenvalue weighted by Gasteiger charge is -2.18. The average molecular weight is 948 g/mol. The highest BCUT2D eigenvalue weighted by atomic mass is 16.6. The van der Waals surface area contributed by atoms with E-state index in [4.69, 9.17) is 14.2 Å². The number of ether oxygens (including phenoxy) is 3. The molecule has 0 aromatic rings. The minimum Gasteiger partial charge on any atom is -0.462 e. The van der Waals surface area contributed by atoms with Crippen molar-refractivity contribution < 1.29 is 28.6 Å². The molecule has 0 amide bonds. The summed E-state index contributed by atoms with van der Waals surface area (Å²) in [6, 6.07) is 0. The molecular formula is C61H118O6. The Hall–Kier alpha value is -1.59. The molecule has 0 unspecified atom stereocenters. The maximum absolute atomic E-state index is 12.9. The summed E-state index contributed by atoms with van der Waals surface area (Å²) in [4.78, 5) is 38.2. The molecule has 0 saturated heterocycles. The van der Waals surface area contributed by atoms with Gasteiger partial charge in [-0.05, 0) is 25.2 Å². The maximum Gasteiger partial charge on any atom is 0.306 e. The summed E-state index contributed by atoms with van der Waals surface area (Å²) in [6.45, 7) is 9.08. The van der Waals surface area contributed by atoms with Crippen LogP contribution in [0.15, 0.2) is 0 Å². The predicted molar refractivity (Wildman–Crippen MR) is 289 cm³/mol. The number of carbonyl (C=O) groups excluding carboxylic acids is 3. The van der Waals surface area contributed by atoms with E-state index < -0.39 is 6.10 Å². The Bertz CT molecular complexity index is 1010. The second-order valence-corrected chi connectivity index (χ2v) is 21.5. The van der Waals surface area contributed by atoms with E-state index in [1.165, 1.54) is 244 Å². The molecule has 6 nitrogen and oxygen atoms in total. The molecule has 0 radical (unpaired) electrons. The fraction of sp³-hybridized carbons (Fsp3) is 0.951. The molecule has 0 spiro atoms. The molecule has 6 heteroatoms. The summed E-state index contributed by atoms with van der Waals surface area (Å²) in [5.74, 6) is 0.0273. The standard InChI is InChI=1S/C61H118O6/c1-5-7-9-11-13-15-17-19-20-26-30-34-38-42-46-50-54-61(64)67-58(55-65-59(62)52-48-44-40-36-32-18-16-14-12-10-8-6-2)56-66-60(63)53-49-45-41-37-33-29-27-24-22-21-23-25-28-31-35-39-43-47-51-57(3)4/h57-58H,5-56H2,1-4H3/t58-/m0/s1. The van der Waals surface area contributed by atoms with Crippen molar-refractivity contribution in [3.63, 3.8) is 0 Å². The van der Waals surface area contributed by atoms with Gasteiger partial charge in [-0.3, -0.25) is 14.4 Å². The molecule has 0 bridgehead atoms. The highest BCUT2D eigenvalue weighted by molar-refractivity contribution is 5.71. The summed E-state index contributed by atoms with van der Waals surface area (Å²) in [7, 11) is 0. The van der Waals surface area contributed by atoms with Crippen molar-refractivity contribution in [2.24, 2.45) is 5.92 Å². The largest absolute Gasteiger partial charge is 0.462 e. The summed E-state index contributed by atoms with van der Waals surface area (Å²) < 4.78 is 16.9. The molecule has 1 atom stereocenters. The van der Waals surface area contributed by atoms with Crippen molar-refractivity contribution in [1.29, 1.82) is 0 Å². The van der Waals surface area contributed by atoms with Gasteiger partial charge in [0, 0.05) is 19.3 Å². The maximum atomic E-state index is 12.9. The third kappa shape index (κ3) is 55.2.